The fraction of sp³-hybridized carbons (Fsp3) is 0.538. The van der Waals surface area contributed by atoms with Crippen LogP contribution in [0.3, 0.4) is 0 Å². The Labute approximate surface area is 110 Å². The summed E-state index contributed by atoms with van der Waals surface area (Å²) in [6.45, 7) is 2.75. The van der Waals surface area contributed by atoms with Gasteiger partial charge in [-0.25, -0.2) is 0 Å². The van der Waals surface area contributed by atoms with Crippen LogP contribution in [0.1, 0.15) is 24.1 Å². The third kappa shape index (κ3) is 5.94. The number of phenolic OH excluding ortho intramolecular Hbond substituents is 1. The Hall–Kier alpha value is -1.27. The summed E-state index contributed by atoms with van der Waals surface area (Å²) in [5.41, 5.74) is 1.73. The van der Waals surface area contributed by atoms with Crippen LogP contribution >= 0.6 is 0 Å². The van der Waals surface area contributed by atoms with E-state index in [1.54, 1.807) is 12.1 Å². The number of alkyl halides is 3. The molecule has 1 aromatic carbocycles. The van der Waals surface area contributed by atoms with Gasteiger partial charge < -0.3 is 15.2 Å². The molecule has 0 saturated heterocycles. The van der Waals surface area contributed by atoms with Crippen LogP contribution in [-0.4, -0.2) is 31.0 Å². The maximum Gasteiger partial charge on any atom is 0.411 e. The van der Waals surface area contributed by atoms with Crippen molar-refractivity contribution in [2.75, 3.05) is 19.8 Å². The minimum absolute atomic E-state index is 0.0313. The Morgan fingerprint density at radius 1 is 1.37 bits per heavy atom. The number of benzene rings is 1. The van der Waals surface area contributed by atoms with E-state index in [9.17, 15) is 18.3 Å². The van der Waals surface area contributed by atoms with Crippen LogP contribution in [-0.2, 0) is 4.74 Å². The van der Waals surface area contributed by atoms with Gasteiger partial charge in [0.15, 0.2) is 0 Å². The second-order valence-corrected chi connectivity index (χ2v) is 4.41. The molecule has 1 rings (SSSR count). The lowest BCUT2D eigenvalue weighted by Crippen LogP contribution is -2.26. The van der Waals surface area contributed by atoms with Crippen LogP contribution < -0.4 is 5.32 Å². The van der Waals surface area contributed by atoms with Crippen molar-refractivity contribution in [2.45, 2.75) is 26.1 Å². The lowest BCUT2D eigenvalue weighted by atomic mass is 10.0. The molecule has 0 bridgehead atoms. The molecule has 0 amide bonds. The number of phenols is 1. The fourth-order valence-corrected chi connectivity index (χ4v) is 1.67. The maximum absolute atomic E-state index is 11.8. The molecule has 1 aromatic rings. The summed E-state index contributed by atoms with van der Waals surface area (Å²) in [6, 6.07) is 5.07. The number of nitrogens with one attached hydrogen (secondary N) is 1. The smallest absolute Gasteiger partial charge is 0.411 e. The molecule has 1 unspecified atom stereocenters. The van der Waals surface area contributed by atoms with Crippen molar-refractivity contribution >= 4 is 0 Å². The minimum Gasteiger partial charge on any atom is -0.508 e. The molecule has 6 heteroatoms. The van der Waals surface area contributed by atoms with Crippen molar-refractivity contribution in [1.29, 1.82) is 0 Å². The highest BCUT2D eigenvalue weighted by atomic mass is 19.4. The average Bonchev–Trinajstić information content (AvgIpc) is 2.30. The molecule has 108 valence electrons. The van der Waals surface area contributed by atoms with Gasteiger partial charge in [0.1, 0.15) is 12.4 Å². The summed E-state index contributed by atoms with van der Waals surface area (Å²) < 4.78 is 40.0. The van der Waals surface area contributed by atoms with Gasteiger partial charge in [0.2, 0.25) is 0 Å². The maximum atomic E-state index is 11.8. The van der Waals surface area contributed by atoms with E-state index in [0.717, 1.165) is 11.1 Å². The molecule has 0 heterocycles. The van der Waals surface area contributed by atoms with Gasteiger partial charge in [-0.3, -0.25) is 0 Å². The molecule has 0 aliphatic rings. The zero-order chi connectivity index (χ0) is 14.5. The zero-order valence-electron chi connectivity index (χ0n) is 10.9. The zero-order valence-corrected chi connectivity index (χ0v) is 10.9. The topological polar surface area (TPSA) is 41.5 Å². The van der Waals surface area contributed by atoms with Crippen LogP contribution in [0.5, 0.6) is 5.75 Å². The average molecular weight is 277 g/mol. The summed E-state index contributed by atoms with van der Waals surface area (Å²) in [7, 11) is 0. The van der Waals surface area contributed by atoms with Gasteiger partial charge >= 0.3 is 6.18 Å². The lowest BCUT2D eigenvalue weighted by molar-refractivity contribution is -0.173. The van der Waals surface area contributed by atoms with Crippen LogP contribution in [0.2, 0.25) is 0 Å². The molecule has 0 aromatic heterocycles. The minimum atomic E-state index is -4.29. The van der Waals surface area contributed by atoms with E-state index in [0.29, 0.717) is 0 Å². The second kappa shape index (κ2) is 6.77. The lowest BCUT2D eigenvalue weighted by Gasteiger charge is -2.16. The number of aryl methyl sites for hydroxylation is 1. The second-order valence-electron chi connectivity index (χ2n) is 4.41. The highest BCUT2D eigenvalue weighted by Crippen LogP contribution is 2.24. The first-order valence-electron chi connectivity index (χ1n) is 5.97. The number of hydrogen-bond acceptors (Lipinski definition) is 3. The van der Waals surface area contributed by atoms with Gasteiger partial charge in [-0.2, -0.15) is 13.2 Å². The van der Waals surface area contributed by atoms with E-state index < -0.39 is 12.8 Å². The molecule has 19 heavy (non-hydrogen) atoms. The first-order chi connectivity index (χ1) is 8.79. The van der Waals surface area contributed by atoms with Gasteiger partial charge in [-0.15, -0.1) is 0 Å². The molecule has 2 N–H and O–H groups in total. The third-order valence-corrected chi connectivity index (χ3v) is 2.61. The monoisotopic (exact) mass is 277 g/mol. The Morgan fingerprint density at radius 3 is 2.68 bits per heavy atom. The van der Waals surface area contributed by atoms with Gasteiger partial charge in [0.05, 0.1) is 6.61 Å². The molecular formula is C13H18F3NO2. The SMILES string of the molecule is Cc1ccc(O)c(C(C)NCCOCC(F)(F)F)c1. The van der Waals surface area contributed by atoms with E-state index in [4.69, 9.17) is 0 Å². The van der Waals surface area contributed by atoms with Crippen LogP contribution in [0, 0.1) is 6.92 Å². The van der Waals surface area contributed by atoms with Crippen molar-refractivity contribution < 1.29 is 23.0 Å². The summed E-state index contributed by atoms with van der Waals surface area (Å²) in [5, 5.41) is 12.7. The standard InChI is InChI=1S/C13H18F3NO2/c1-9-3-4-12(18)11(7-9)10(2)17-5-6-19-8-13(14,15)16/h3-4,7,10,17-18H,5-6,8H2,1-2H3. The molecule has 1 atom stereocenters. The van der Waals surface area contributed by atoms with Gasteiger partial charge in [-0.05, 0) is 19.9 Å². The predicted molar refractivity (Wildman–Crippen MR) is 66.1 cm³/mol. The first-order valence-corrected chi connectivity index (χ1v) is 5.97. The van der Waals surface area contributed by atoms with Crippen molar-refractivity contribution in [3.8, 4) is 5.75 Å². The first kappa shape index (κ1) is 15.8. The van der Waals surface area contributed by atoms with Crippen molar-refractivity contribution in [1.82, 2.24) is 5.32 Å². The van der Waals surface area contributed by atoms with Crippen molar-refractivity contribution in [3.05, 3.63) is 29.3 Å². The number of hydrogen-bond donors (Lipinski definition) is 2. The molecule has 0 fully saturated rings. The molecule has 3 nitrogen and oxygen atoms in total. The largest absolute Gasteiger partial charge is 0.508 e. The number of ether oxygens (including phenoxy) is 1. The third-order valence-electron chi connectivity index (χ3n) is 2.61. The van der Waals surface area contributed by atoms with E-state index in [1.807, 2.05) is 19.9 Å². The number of rotatable bonds is 6. The fourth-order valence-electron chi connectivity index (χ4n) is 1.67. The summed E-state index contributed by atoms with van der Waals surface area (Å²) in [4.78, 5) is 0. The van der Waals surface area contributed by atoms with Gasteiger partial charge in [-0.1, -0.05) is 17.7 Å². The normalized spacial score (nSPS) is 13.5. The number of halogens is 3. The van der Waals surface area contributed by atoms with E-state index in [-0.39, 0.29) is 24.9 Å². The van der Waals surface area contributed by atoms with Crippen molar-refractivity contribution in [2.24, 2.45) is 0 Å². The highest BCUT2D eigenvalue weighted by Gasteiger charge is 2.27. The Bertz CT molecular complexity index is 407. The molecular weight excluding hydrogens is 259 g/mol. The highest BCUT2D eigenvalue weighted by molar-refractivity contribution is 5.37. The van der Waals surface area contributed by atoms with Crippen LogP contribution in [0.25, 0.3) is 0 Å². The van der Waals surface area contributed by atoms with Crippen LogP contribution in [0.4, 0.5) is 13.2 Å². The summed E-state index contributed by atoms with van der Waals surface area (Å²) >= 11 is 0. The molecule has 0 aliphatic carbocycles. The molecule has 0 saturated carbocycles. The molecule has 0 spiro atoms. The van der Waals surface area contributed by atoms with Gasteiger partial charge in [0, 0.05) is 18.2 Å². The van der Waals surface area contributed by atoms with Crippen molar-refractivity contribution in [3.63, 3.8) is 0 Å². The van der Waals surface area contributed by atoms with E-state index in [1.165, 1.54) is 0 Å². The Kier molecular flexibility index (Phi) is 5.62. The van der Waals surface area contributed by atoms with E-state index >= 15 is 0 Å². The van der Waals surface area contributed by atoms with Gasteiger partial charge in [0.25, 0.3) is 0 Å². The Morgan fingerprint density at radius 2 is 2.05 bits per heavy atom. The molecule has 0 radical (unpaired) electrons. The predicted octanol–water partition coefficient (Wildman–Crippen LogP) is 2.93. The van der Waals surface area contributed by atoms with E-state index in [2.05, 4.69) is 10.1 Å². The Balaban J connectivity index is 2.35. The summed E-state index contributed by atoms with van der Waals surface area (Å²) in [6.07, 6.45) is -4.29. The molecule has 0 aliphatic heterocycles. The summed E-state index contributed by atoms with van der Waals surface area (Å²) in [5.74, 6) is 0.168. The quantitative estimate of drug-likeness (QED) is 0.786. The van der Waals surface area contributed by atoms with Crippen LogP contribution in [0.15, 0.2) is 18.2 Å². The number of aromatic hydroxyl groups is 1.